The van der Waals surface area contributed by atoms with Gasteiger partial charge in [0.15, 0.2) is 0 Å². The van der Waals surface area contributed by atoms with Gasteiger partial charge in [0.2, 0.25) is 0 Å². The van der Waals surface area contributed by atoms with Crippen LogP contribution >= 0.6 is 0 Å². The summed E-state index contributed by atoms with van der Waals surface area (Å²) in [5.74, 6) is 0. The second-order valence-corrected chi connectivity index (χ2v) is 2.56. The van der Waals surface area contributed by atoms with Gasteiger partial charge in [0.05, 0.1) is 0 Å². The molecule has 0 aromatic heterocycles. The van der Waals surface area contributed by atoms with Crippen molar-refractivity contribution in [3.05, 3.63) is 0 Å². The van der Waals surface area contributed by atoms with E-state index < -0.39 is 20.3 Å². The van der Waals surface area contributed by atoms with E-state index in [-0.39, 0.29) is 0 Å². The van der Waals surface area contributed by atoms with Gasteiger partial charge in [-0.2, -0.15) is 0 Å². The van der Waals surface area contributed by atoms with Crippen LogP contribution in [0.15, 0.2) is 0 Å². The van der Waals surface area contributed by atoms with Gasteiger partial charge in [0.25, 0.3) is 0 Å². The summed E-state index contributed by atoms with van der Waals surface area (Å²) in [7, 11) is 0. The first kappa shape index (κ1) is 5.54. The van der Waals surface area contributed by atoms with Crippen molar-refractivity contribution >= 4 is 20.3 Å². The maximum atomic E-state index is 10.1. The molecule has 0 atom stereocenters. The first-order valence-corrected chi connectivity index (χ1v) is 4.33. The van der Waals surface area contributed by atoms with E-state index in [9.17, 15) is 8.68 Å². The van der Waals surface area contributed by atoms with Gasteiger partial charge >= 0.3 is 32.4 Å². The standard InChI is InChI=1S/F3HOTe/c1-5(2,3)4/h4H. The molecule has 0 rings (SSSR count). The molecule has 1 N–H and O–H groups in total. The van der Waals surface area contributed by atoms with Crippen LogP contribution in [0.5, 0.6) is 0 Å². The molecule has 1 nitrogen and oxygen atoms in total. The van der Waals surface area contributed by atoms with Crippen molar-refractivity contribution in [2.45, 2.75) is 0 Å². The van der Waals surface area contributed by atoms with Gasteiger partial charge in [0, 0.05) is 0 Å². The van der Waals surface area contributed by atoms with E-state index in [0.717, 1.165) is 0 Å². The average molecular weight is 202 g/mol. The third-order valence-electron chi connectivity index (χ3n) is 0. The van der Waals surface area contributed by atoms with Crippen molar-refractivity contribution in [1.29, 1.82) is 0 Å². The minimum atomic E-state index is -6.52. The van der Waals surface area contributed by atoms with Gasteiger partial charge in [-0.1, -0.05) is 0 Å². The fourth-order valence-electron chi connectivity index (χ4n) is 0. The summed E-state index contributed by atoms with van der Waals surface area (Å²) in [4.78, 5) is 0. The van der Waals surface area contributed by atoms with E-state index >= 15 is 0 Å². The van der Waals surface area contributed by atoms with Crippen LogP contribution in [0.25, 0.3) is 0 Å². The molecule has 0 bridgehead atoms. The zero-order valence-electron chi connectivity index (χ0n) is 1.99. The third-order valence-corrected chi connectivity index (χ3v) is 0. The zero-order valence-corrected chi connectivity index (χ0v) is 4.32. The number of hydrogen-bond donors (Lipinski definition) is 1. The van der Waals surface area contributed by atoms with Crippen LogP contribution in [-0.4, -0.2) is 23.8 Å². The second-order valence-electron chi connectivity index (χ2n) is 0.382. The Hall–Kier alpha value is 0.540. The summed E-state index contributed by atoms with van der Waals surface area (Å²) >= 11 is -6.52. The molecule has 0 spiro atoms. The van der Waals surface area contributed by atoms with Crippen molar-refractivity contribution in [1.82, 2.24) is 0 Å². The minimum absolute atomic E-state index is 6.52. The van der Waals surface area contributed by atoms with Gasteiger partial charge < -0.3 is 0 Å². The van der Waals surface area contributed by atoms with Crippen LogP contribution in [0.3, 0.4) is 0 Å². The number of halogens is 3. The van der Waals surface area contributed by atoms with Crippen molar-refractivity contribution in [3.8, 4) is 0 Å². The van der Waals surface area contributed by atoms with Crippen LogP contribution in [-0.2, 0) is 0 Å². The molecule has 0 saturated carbocycles. The summed E-state index contributed by atoms with van der Waals surface area (Å²) in [6, 6.07) is 0. The zero-order chi connectivity index (χ0) is 4.50. The molecule has 0 aromatic rings. The van der Waals surface area contributed by atoms with Gasteiger partial charge in [0.1, 0.15) is 0 Å². The van der Waals surface area contributed by atoms with Crippen LogP contribution in [0.1, 0.15) is 0 Å². The Morgan fingerprint density at radius 1 is 1.20 bits per heavy atom. The molecule has 0 amide bonds. The van der Waals surface area contributed by atoms with Crippen molar-refractivity contribution < 1.29 is 12.1 Å². The molecule has 0 fully saturated rings. The quantitative estimate of drug-likeness (QED) is 0.560. The summed E-state index contributed by atoms with van der Waals surface area (Å²) in [6.07, 6.45) is 0. The van der Waals surface area contributed by atoms with E-state index in [1.54, 1.807) is 0 Å². The van der Waals surface area contributed by atoms with Crippen molar-refractivity contribution in [3.63, 3.8) is 0 Å². The molecular formula is HF3OTe. The van der Waals surface area contributed by atoms with Crippen LogP contribution in [0.2, 0.25) is 0 Å². The summed E-state index contributed by atoms with van der Waals surface area (Å²) in [5.41, 5.74) is 0. The fraction of sp³-hybridized carbons (Fsp3) is 0. The first-order chi connectivity index (χ1) is 2.00. The fourth-order valence-corrected chi connectivity index (χ4v) is 0. The van der Waals surface area contributed by atoms with E-state index in [2.05, 4.69) is 0 Å². The molecule has 0 heterocycles. The Balaban J connectivity index is 3.02. The normalized spacial score (nSPS) is 15.2. The van der Waals surface area contributed by atoms with Crippen molar-refractivity contribution in [2.24, 2.45) is 0 Å². The predicted molar refractivity (Wildman–Crippen MR) is 11.3 cm³/mol. The van der Waals surface area contributed by atoms with Gasteiger partial charge in [-0.15, -0.1) is 0 Å². The Bertz CT molecular complexity index is 22.4. The molecule has 0 unspecified atom stereocenters. The number of hydrogen-bond acceptors (Lipinski definition) is 1. The molecule has 0 aliphatic heterocycles. The first-order valence-electron chi connectivity index (χ1n) is 0.645. The van der Waals surface area contributed by atoms with Gasteiger partial charge in [-0.25, -0.2) is 0 Å². The van der Waals surface area contributed by atoms with E-state index in [1.165, 1.54) is 0 Å². The maximum absolute atomic E-state index is 10.1. The molecule has 0 saturated heterocycles. The van der Waals surface area contributed by atoms with Gasteiger partial charge in [-0.3, -0.25) is 0 Å². The monoisotopic (exact) mass is 204 g/mol. The number of rotatable bonds is 0. The molecule has 0 aromatic carbocycles. The third kappa shape index (κ3) is 101. The predicted octanol–water partition coefficient (Wildman–Crippen LogP) is 0.323. The molecular weight excluding hydrogens is 201 g/mol. The van der Waals surface area contributed by atoms with Crippen molar-refractivity contribution in [2.75, 3.05) is 0 Å². The van der Waals surface area contributed by atoms with E-state index in [4.69, 9.17) is 3.47 Å². The summed E-state index contributed by atoms with van der Waals surface area (Å²) in [6.45, 7) is 0. The second kappa shape index (κ2) is 1.33. The molecule has 0 radical (unpaired) electrons. The molecule has 0 aliphatic carbocycles. The van der Waals surface area contributed by atoms with Gasteiger partial charge in [-0.05, 0) is 0 Å². The summed E-state index contributed by atoms with van der Waals surface area (Å²) in [5, 5.41) is 0. The van der Waals surface area contributed by atoms with E-state index in [1.807, 2.05) is 0 Å². The van der Waals surface area contributed by atoms with Crippen LogP contribution < -0.4 is 0 Å². The van der Waals surface area contributed by atoms with Crippen LogP contribution in [0.4, 0.5) is 8.68 Å². The Labute approximate surface area is 33.1 Å². The Kier molecular flexibility index (Phi) is 1.47. The molecule has 0 aliphatic rings. The Morgan fingerprint density at radius 2 is 1.20 bits per heavy atom. The topological polar surface area (TPSA) is 20.2 Å². The average Bonchev–Trinajstić information content (AvgIpc) is 0.722. The van der Waals surface area contributed by atoms with E-state index in [0.29, 0.717) is 0 Å². The molecule has 5 heteroatoms. The Morgan fingerprint density at radius 3 is 1.20 bits per heavy atom. The van der Waals surface area contributed by atoms with Crippen LogP contribution in [0, 0.1) is 0 Å². The SMILES string of the molecule is O[Te](F)(F)F. The molecule has 34 valence electrons. The summed E-state index contributed by atoms with van der Waals surface area (Å²) < 4.78 is 37.0. The molecule has 5 heavy (non-hydrogen) atoms.